The summed E-state index contributed by atoms with van der Waals surface area (Å²) in [7, 11) is 0. The molecule has 0 aliphatic heterocycles. The number of benzene rings is 2. The van der Waals surface area contributed by atoms with Gasteiger partial charge in [-0.1, -0.05) is 43.3 Å². The Morgan fingerprint density at radius 1 is 1.08 bits per heavy atom. The molecular weight excluding hydrogens is 300 g/mol. The molecule has 0 heterocycles. The zero-order valence-electron chi connectivity index (χ0n) is 13.8. The van der Waals surface area contributed by atoms with Gasteiger partial charge >= 0.3 is 0 Å². The van der Waals surface area contributed by atoms with E-state index in [9.17, 15) is 9.59 Å². The van der Waals surface area contributed by atoms with Crippen molar-refractivity contribution in [1.29, 1.82) is 0 Å². The average molecular weight is 322 g/mol. The maximum absolute atomic E-state index is 12.6. The van der Waals surface area contributed by atoms with Crippen LogP contribution in [-0.2, 0) is 4.79 Å². The number of nitrogens with one attached hydrogen (secondary N) is 2. The third-order valence-electron chi connectivity index (χ3n) is 4.23. The van der Waals surface area contributed by atoms with Gasteiger partial charge in [0.25, 0.3) is 5.91 Å². The Labute approximate surface area is 142 Å². The third kappa shape index (κ3) is 4.02. The molecule has 24 heavy (non-hydrogen) atoms. The summed E-state index contributed by atoms with van der Waals surface area (Å²) in [6.45, 7) is 2.00. The summed E-state index contributed by atoms with van der Waals surface area (Å²) >= 11 is 0. The summed E-state index contributed by atoms with van der Waals surface area (Å²) in [5.41, 5.74) is 2.23. The summed E-state index contributed by atoms with van der Waals surface area (Å²) < 4.78 is 0. The first-order valence-electron chi connectivity index (χ1n) is 8.44. The molecule has 2 amide bonds. The van der Waals surface area contributed by atoms with E-state index in [1.54, 1.807) is 18.2 Å². The summed E-state index contributed by atoms with van der Waals surface area (Å²) in [5, 5.41) is 5.90. The lowest BCUT2D eigenvalue weighted by molar-refractivity contribution is -0.117. The van der Waals surface area contributed by atoms with Crippen LogP contribution in [0.1, 0.15) is 48.0 Å². The molecule has 0 spiro atoms. The molecule has 0 bridgehead atoms. The lowest BCUT2D eigenvalue weighted by Crippen LogP contribution is -2.25. The minimum Gasteiger partial charge on any atom is -0.349 e. The van der Waals surface area contributed by atoms with Gasteiger partial charge in [-0.2, -0.15) is 0 Å². The summed E-state index contributed by atoms with van der Waals surface area (Å²) in [6, 6.07) is 17.2. The normalized spacial score (nSPS) is 14.7. The quantitative estimate of drug-likeness (QED) is 0.852. The second-order valence-corrected chi connectivity index (χ2v) is 6.19. The highest BCUT2D eigenvalue weighted by molar-refractivity contribution is 5.99. The zero-order valence-corrected chi connectivity index (χ0v) is 13.8. The number of rotatable bonds is 6. The second kappa shape index (κ2) is 7.30. The highest BCUT2D eigenvalue weighted by atomic mass is 16.2. The van der Waals surface area contributed by atoms with Gasteiger partial charge in [-0.15, -0.1) is 0 Å². The van der Waals surface area contributed by atoms with Crippen LogP contribution < -0.4 is 10.6 Å². The number of carbonyl (C=O) groups excluding carboxylic acids is 2. The van der Waals surface area contributed by atoms with Crippen molar-refractivity contribution in [2.75, 3.05) is 5.32 Å². The average Bonchev–Trinajstić information content (AvgIpc) is 3.41. The number of carbonyl (C=O) groups is 2. The maximum atomic E-state index is 12.6. The zero-order chi connectivity index (χ0) is 16.9. The third-order valence-corrected chi connectivity index (χ3v) is 4.23. The van der Waals surface area contributed by atoms with Crippen LogP contribution in [-0.4, -0.2) is 17.9 Å². The van der Waals surface area contributed by atoms with Crippen LogP contribution in [0.25, 0.3) is 0 Å². The van der Waals surface area contributed by atoms with Crippen LogP contribution >= 0.6 is 0 Å². The molecule has 2 aromatic rings. The lowest BCUT2D eigenvalue weighted by atomic mass is 9.95. The molecular formula is C20H22N2O2. The SMILES string of the molecule is CCC(C(=O)Nc1cccc(C(=O)NC2CC2)c1)c1ccccc1. The summed E-state index contributed by atoms with van der Waals surface area (Å²) in [4.78, 5) is 24.7. The van der Waals surface area contributed by atoms with Crippen molar-refractivity contribution in [2.45, 2.75) is 38.1 Å². The molecule has 3 rings (SSSR count). The molecule has 2 aromatic carbocycles. The van der Waals surface area contributed by atoms with Gasteiger partial charge in [0.1, 0.15) is 0 Å². The number of hydrogen-bond acceptors (Lipinski definition) is 2. The van der Waals surface area contributed by atoms with Gasteiger partial charge in [0.15, 0.2) is 0 Å². The molecule has 1 aliphatic carbocycles. The van der Waals surface area contributed by atoms with Crippen molar-refractivity contribution in [3.63, 3.8) is 0 Å². The summed E-state index contributed by atoms with van der Waals surface area (Å²) in [5.74, 6) is -0.331. The van der Waals surface area contributed by atoms with Crippen LogP contribution in [0.2, 0.25) is 0 Å². The number of anilines is 1. The minimum absolute atomic E-state index is 0.0524. The van der Waals surface area contributed by atoms with Gasteiger partial charge in [0, 0.05) is 17.3 Å². The fraction of sp³-hybridized carbons (Fsp3) is 0.300. The van der Waals surface area contributed by atoms with Crippen LogP contribution in [0.5, 0.6) is 0 Å². The number of hydrogen-bond donors (Lipinski definition) is 2. The largest absolute Gasteiger partial charge is 0.349 e. The Hall–Kier alpha value is -2.62. The molecule has 1 atom stereocenters. The Kier molecular flexibility index (Phi) is 4.94. The first-order valence-corrected chi connectivity index (χ1v) is 8.44. The topological polar surface area (TPSA) is 58.2 Å². The van der Waals surface area contributed by atoms with E-state index >= 15 is 0 Å². The Morgan fingerprint density at radius 3 is 2.50 bits per heavy atom. The molecule has 124 valence electrons. The smallest absolute Gasteiger partial charge is 0.251 e. The first-order chi connectivity index (χ1) is 11.7. The van der Waals surface area contributed by atoms with Crippen LogP contribution in [0, 0.1) is 0 Å². The lowest BCUT2D eigenvalue weighted by Gasteiger charge is -2.16. The fourth-order valence-electron chi connectivity index (χ4n) is 2.72. The summed E-state index contributed by atoms with van der Waals surface area (Å²) in [6.07, 6.45) is 2.83. The van der Waals surface area contributed by atoms with Crippen molar-refractivity contribution in [3.8, 4) is 0 Å². The van der Waals surface area contributed by atoms with Gasteiger partial charge in [-0.25, -0.2) is 0 Å². The van der Waals surface area contributed by atoms with Gasteiger partial charge in [0.2, 0.25) is 5.91 Å². The predicted molar refractivity (Wildman–Crippen MR) is 95.0 cm³/mol. The van der Waals surface area contributed by atoms with E-state index in [0.29, 0.717) is 17.3 Å². The highest BCUT2D eigenvalue weighted by Crippen LogP contribution is 2.23. The first kappa shape index (κ1) is 16.2. The predicted octanol–water partition coefficient (Wildman–Crippen LogP) is 3.71. The molecule has 1 unspecified atom stereocenters. The maximum Gasteiger partial charge on any atom is 0.251 e. The Morgan fingerprint density at radius 2 is 1.83 bits per heavy atom. The van der Waals surface area contributed by atoms with E-state index in [1.807, 2.05) is 43.3 Å². The van der Waals surface area contributed by atoms with E-state index in [4.69, 9.17) is 0 Å². The molecule has 4 heteroatoms. The minimum atomic E-state index is -0.199. The van der Waals surface area contributed by atoms with Gasteiger partial charge in [-0.05, 0) is 43.0 Å². The highest BCUT2D eigenvalue weighted by Gasteiger charge is 2.24. The Balaban J connectivity index is 1.70. The van der Waals surface area contributed by atoms with Gasteiger partial charge in [-0.3, -0.25) is 9.59 Å². The molecule has 0 radical (unpaired) electrons. The number of amides is 2. The van der Waals surface area contributed by atoms with Crippen molar-refractivity contribution in [3.05, 3.63) is 65.7 Å². The van der Waals surface area contributed by atoms with E-state index in [-0.39, 0.29) is 17.7 Å². The molecule has 1 saturated carbocycles. The van der Waals surface area contributed by atoms with Gasteiger partial charge < -0.3 is 10.6 Å². The van der Waals surface area contributed by atoms with Crippen LogP contribution in [0.15, 0.2) is 54.6 Å². The van der Waals surface area contributed by atoms with Crippen molar-refractivity contribution in [2.24, 2.45) is 0 Å². The fourth-order valence-corrected chi connectivity index (χ4v) is 2.72. The van der Waals surface area contributed by atoms with E-state index < -0.39 is 0 Å². The van der Waals surface area contributed by atoms with E-state index in [2.05, 4.69) is 10.6 Å². The second-order valence-electron chi connectivity index (χ2n) is 6.19. The van der Waals surface area contributed by atoms with E-state index in [1.165, 1.54) is 0 Å². The Bertz CT molecular complexity index is 723. The molecule has 1 aliphatic rings. The monoisotopic (exact) mass is 322 g/mol. The van der Waals surface area contributed by atoms with Crippen LogP contribution in [0.4, 0.5) is 5.69 Å². The molecule has 0 saturated heterocycles. The van der Waals surface area contributed by atoms with E-state index in [0.717, 1.165) is 24.8 Å². The van der Waals surface area contributed by atoms with Crippen LogP contribution in [0.3, 0.4) is 0 Å². The molecule has 4 nitrogen and oxygen atoms in total. The van der Waals surface area contributed by atoms with Gasteiger partial charge in [0.05, 0.1) is 5.92 Å². The van der Waals surface area contributed by atoms with Crippen molar-refractivity contribution in [1.82, 2.24) is 5.32 Å². The molecule has 2 N–H and O–H groups in total. The molecule has 1 fully saturated rings. The standard InChI is InChI=1S/C20H22N2O2/c1-2-18(14-7-4-3-5-8-14)20(24)22-17-10-6-9-15(13-17)19(23)21-16-11-12-16/h3-10,13,16,18H,2,11-12H2,1H3,(H,21,23)(H,22,24). The molecule has 0 aromatic heterocycles. The van der Waals surface area contributed by atoms with Crippen molar-refractivity contribution >= 4 is 17.5 Å². The van der Waals surface area contributed by atoms with Crippen molar-refractivity contribution < 1.29 is 9.59 Å².